The van der Waals surface area contributed by atoms with Gasteiger partial charge in [0.05, 0.1) is 6.08 Å². The maximum absolute atomic E-state index is 9.59. The molecule has 0 saturated carbocycles. The summed E-state index contributed by atoms with van der Waals surface area (Å²) in [4.78, 5) is 18.9. The number of aliphatic carboxylic acids is 1. The van der Waals surface area contributed by atoms with Crippen LogP contribution in [0.5, 0.6) is 5.75 Å². The van der Waals surface area contributed by atoms with Crippen LogP contribution in [0.3, 0.4) is 0 Å². The van der Waals surface area contributed by atoms with E-state index in [4.69, 9.17) is 15.6 Å². The Labute approximate surface area is 165 Å². The van der Waals surface area contributed by atoms with Gasteiger partial charge in [-0.3, -0.25) is 4.79 Å². The second-order valence-corrected chi connectivity index (χ2v) is 5.99. The highest BCUT2D eigenvalue weighted by molar-refractivity contribution is 5.79. The van der Waals surface area contributed by atoms with Gasteiger partial charge in [0.1, 0.15) is 18.1 Å². The third kappa shape index (κ3) is 10.1. The third-order valence-electron chi connectivity index (χ3n) is 3.74. The number of carboxylic acid groups (broad SMARTS) is 1. The molecule has 0 spiro atoms. The van der Waals surface area contributed by atoms with Crippen LogP contribution < -0.4 is 10.5 Å². The number of carbonyl (C=O) groups excluding carboxylic acids is 1. The highest BCUT2D eigenvalue weighted by atomic mass is 16.5. The first-order valence-corrected chi connectivity index (χ1v) is 9.03. The third-order valence-corrected chi connectivity index (χ3v) is 3.74. The number of carbonyl (C=O) groups is 2. The number of ether oxygens (including phenoxy) is 2. The average molecular weight is 385 g/mol. The Balaban J connectivity index is 0.000000416. The molecule has 3 N–H and O–H groups in total. The summed E-state index contributed by atoms with van der Waals surface area (Å²) in [6.45, 7) is 2.96. The summed E-state index contributed by atoms with van der Waals surface area (Å²) in [5.74, 6) is -0.218. The lowest BCUT2D eigenvalue weighted by Gasteiger charge is -2.19. The molecule has 1 atom stereocenters. The Kier molecular flexibility index (Phi) is 11.5. The lowest BCUT2D eigenvalue weighted by molar-refractivity contribution is -0.131. The summed E-state index contributed by atoms with van der Waals surface area (Å²) in [6.07, 6.45) is 4.73. The second kappa shape index (κ2) is 14.0. The van der Waals surface area contributed by atoms with E-state index in [2.05, 4.69) is 48.1 Å². The molecular formula is C22H27NO5. The number of hydrogen-bond acceptors (Lipinski definition) is 5. The van der Waals surface area contributed by atoms with Crippen molar-refractivity contribution in [1.29, 1.82) is 0 Å². The molecule has 0 unspecified atom stereocenters. The minimum Gasteiger partial charge on any atom is -0.486 e. The fraction of sp³-hybridized carbons (Fsp3) is 0.273. The summed E-state index contributed by atoms with van der Waals surface area (Å²) in [5.41, 5.74) is 8.06. The van der Waals surface area contributed by atoms with Crippen molar-refractivity contribution in [3.63, 3.8) is 0 Å². The highest BCUT2D eigenvalue weighted by Gasteiger charge is 2.12. The van der Waals surface area contributed by atoms with E-state index in [1.807, 2.05) is 18.2 Å². The molecule has 0 amide bonds. The molecule has 0 fully saturated rings. The van der Waals surface area contributed by atoms with Gasteiger partial charge in [-0.25, -0.2) is 4.79 Å². The van der Waals surface area contributed by atoms with Gasteiger partial charge in [-0.05, 0) is 50.4 Å². The van der Waals surface area contributed by atoms with Gasteiger partial charge in [-0.15, -0.1) is 0 Å². The van der Waals surface area contributed by atoms with E-state index in [1.165, 1.54) is 11.1 Å². The van der Waals surface area contributed by atoms with Gasteiger partial charge in [0.25, 0.3) is 6.47 Å². The van der Waals surface area contributed by atoms with Gasteiger partial charge in [0.15, 0.2) is 0 Å². The Morgan fingerprint density at radius 3 is 2.36 bits per heavy atom. The summed E-state index contributed by atoms with van der Waals surface area (Å²) >= 11 is 0. The van der Waals surface area contributed by atoms with Crippen LogP contribution in [0, 0.1) is 6.92 Å². The van der Waals surface area contributed by atoms with Crippen LogP contribution in [0.15, 0.2) is 66.9 Å². The molecule has 6 heteroatoms. The van der Waals surface area contributed by atoms with Crippen molar-refractivity contribution in [1.82, 2.24) is 0 Å². The minimum absolute atomic E-state index is 0.102. The topological polar surface area (TPSA) is 98.9 Å². The molecule has 0 aliphatic carbocycles. The quantitative estimate of drug-likeness (QED) is 0.278. The predicted octanol–water partition coefficient (Wildman–Crippen LogP) is 4.00. The number of rotatable bonds is 10. The lowest BCUT2D eigenvalue weighted by Crippen LogP contribution is -2.09. The van der Waals surface area contributed by atoms with E-state index in [9.17, 15) is 9.59 Å². The minimum atomic E-state index is -1.15. The smallest absolute Gasteiger partial charge is 0.331 e. The normalized spacial score (nSPS) is 11.2. The Bertz CT molecular complexity index is 713. The molecule has 150 valence electrons. The molecule has 2 rings (SSSR count). The van der Waals surface area contributed by atoms with Crippen molar-refractivity contribution >= 4 is 12.4 Å². The van der Waals surface area contributed by atoms with Gasteiger partial charge in [-0.2, -0.15) is 0 Å². The van der Waals surface area contributed by atoms with Crippen molar-refractivity contribution in [3.05, 3.63) is 78.1 Å². The lowest BCUT2D eigenvalue weighted by atomic mass is 10.0. The summed E-state index contributed by atoms with van der Waals surface area (Å²) in [6, 6.07) is 18.6. The van der Waals surface area contributed by atoms with E-state index in [0.717, 1.165) is 37.8 Å². The van der Waals surface area contributed by atoms with Gasteiger partial charge in [0, 0.05) is 0 Å². The molecule has 0 saturated heterocycles. The number of nitrogens with two attached hydrogens (primary N) is 1. The molecule has 2 aromatic carbocycles. The first kappa shape index (κ1) is 22.9. The van der Waals surface area contributed by atoms with Crippen molar-refractivity contribution in [2.45, 2.75) is 32.3 Å². The Morgan fingerprint density at radius 2 is 1.79 bits per heavy atom. The molecule has 0 aromatic heterocycles. The SMILES string of the molecule is Cc1ccc(O[C@@H](CCCCN)c2ccccc2)cc1.O=CO/C=C/C(=O)O. The molecule has 28 heavy (non-hydrogen) atoms. The fourth-order valence-corrected chi connectivity index (χ4v) is 2.35. The summed E-state index contributed by atoms with van der Waals surface area (Å²) < 4.78 is 10.1. The molecular weight excluding hydrogens is 358 g/mol. The first-order chi connectivity index (χ1) is 13.6. The van der Waals surface area contributed by atoms with Gasteiger partial charge in [0.2, 0.25) is 0 Å². The zero-order chi connectivity index (χ0) is 20.6. The number of unbranched alkanes of at least 4 members (excludes halogenated alkanes) is 1. The van der Waals surface area contributed by atoms with E-state index < -0.39 is 5.97 Å². The first-order valence-electron chi connectivity index (χ1n) is 9.03. The number of hydrogen-bond donors (Lipinski definition) is 2. The average Bonchev–Trinajstić information content (AvgIpc) is 2.70. The van der Waals surface area contributed by atoms with Gasteiger partial charge < -0.3 is 20.3 Å². The van der Waals surface area contributed by atoms with Crippen LogP contribution in [0.2, 0.25) is 0 Å². The van der Waals surface area contributed by atoms with Crippen molar-refractivity contribution in [2.24, 2.45) is 5.73 Å². The fourth-order valence-electron chi connectivity index (χ4n) is 2.35. The molecule has 0 aliphatic rings. The molecule has 0 heterocycles. The molecule has 0 radical (unpaired) electrons. The zero-order valence-electron chi connectivity index (χ0n) is 16.0. The van der Waals surface area contributed by atoms with Crippen LogP contribution in [0.1, 0.15) is 36.5 Å². The highest BCUT2D eigenvalue weighted by Crippen LogP contribution is 2.26. The van der Waals surface area contributed by atoms with Crippen LogP contribution in [-0.4, -0.2) is 24.1 Å². The Hall–Kier alpha value is -3.12. The van der Waals surface area contributed by atoms with E-state index in [-0.39, 0.29) is 12.6 Å². The van der Waals surface area contributed by atoms with Crippen molar-refractivity contribution in [2.75, 3.05) is 6.54 Å². The maximum Gasteiger partial charge on any atom is 0.331 e. The summed E-state index contributed by atoms with van der Waals surface area (Å²) in [7, 11) is 0. The van der Waals surface area contributed by atoms with Crippen LogP contribution in [0.25, 0.3) is 0 Å². The van der Waals surface area contributed by atoms with Crippen LogP contribution in [-0.2, 0) is 14.3 Å². The number of aryl methyl sites for hydroxylation is 1. The van der Waals surface area contributed by atoms with E-state index in [1.54, 1.807) is 0 Å². The monoisotopic (exact) mass is 385 g/mol. The molecule has 6 nitrogen and oxygen atoms in total. The van der Waals surface area contributed by atoms with Crippen LogP contribution >= 0.6 is 0 Å². The standard InChI is InChI=1S/C18H23NO.C4H4O4/c1-15-10-12-17(13-11-15)20-18(9-5-6-14-19)16-7-3-2-4-8-16;5-3-8-2-1-4(6)7/h2-4,7-8,10-13,18H,5-6,9,14,19H2,1H3;1-3H,(H,6,7)/b;2-1+/t18-;/m0./s1. The van der Waals surface area contributed by atoms with Crippen LogP contribution in [0.4, 0.5) is 0 Å². The van der Waals surface area contributed by atoms with E-state index >= 15 is 0 Å². The van der Waals surface area contributed by atoms with Gasteiger partial charge >= 0.3 is 5.97 Å². The molecule has 0 aliphatic heterocycles. The van der Waals surface area contributed by atoms with Crippen molar-refractivity contribution < 1.29 is 24.2 Å². The Morgan fingerprint density at radius 1 is 1.11 bits per heavy atom. The van der Waals surface area contributed by atoms with Crippen molar-refractivity contribution in [3.8, 4) is 5.75 Å². The molecule has 2 aromatic rings. The predicted molar refractivity (Wildman–Crippen MR) is 108 cm³/mol. The maximum atomic E-state index is 9.59. The molecule has 0 bridgehead atoms. The second-order valence-electron chi connectivity index (χ2n) is 5.99. The van der Waals surface area contributed by atoms with Gasteiger partial charge in [-0.1, -0.05) is 48.0 Å². The zero-order valence-corrected chi connectivity index (χ0v) is 16.0. The summed E-state index contributed by atoms with van der Waals surface area (Å²) in [5, 5.41) is 7.86. The largest absolute Gasteiger partial charge is 0.486 e. The number of benzene rings is 2. The van der Waals surface area contributed by atoms with E-state index in [0.29, 0.717) is 6.08 Å². The number of carboxylic acids is 1.